The minimum atomic E-state index is -0.664. The normalized spacial score (nSPS) is 16.8. The van der Waals surface area contributed by atoms with Gasteiger partial charge in [-0.1, -0.05) is 31.4 Å². The molecule has 1 aromatic rings. The van der Waals surface area contributed by atoms with Crippen molar-refractivity contribution >= 4 is 11.8 Å². The Morgan fingerprint density at radius 2 is 1.86 bits per heavy atom. The molecule has 0 radical (unpaired) electrons. The average Bonchev–Trinajstić information content (AvgIpc) is 2.55. The van der Waals surface area contributed by atoms with Crippen LogP contribution >= 0.6 is 0 Å². The first-order chi connectivity index (χ1) is 10.6. The molecule has 0 bridgehead atoms. The number of hydrogen-bond acceptors (Lipinski definition) is 3. The van der Waals surface area contributed by atoms with Gasteiger partial charge in [0.05, 0.1) is 7.11 Å². The quantitative estimate of drug-likeness (QED) is 0.840. The van der Waals surface area contributed by atoms with Gasteiger partial charge in [0, 0.05) is 12.3 Å². The van der Waals surface area contributed by atoms with Gasteiger partial charge in [0.1, 0.15) is 11.8 Å². The SMILES string of the molecule is COc1ccc(C[C@H](NC(=O)C2CCCCC2)C(N)=O)cc1. The molecule has 2 amide bonds. The van der Waals surface area contributed by atoms with Crippen LogP contribution in [0.25, 0.3) is 0 Å². The summed E-state index contributed by atoms with van der Waals surface area (Å²) in [5, 5.41) is 2.82. The van der Waals surface area contributed by atoms with Gasteiger partial charge in [0.15, 0.2) is 0 Å². The number of nitrogens with one attached hydrogen (secondary N) is 1. The Morgan fingerprint density at radius 1 is 1.23 bits per heavy atom. The summed E-state index contributed by atoms with van der Waals surface area (Å²) in [5.41, 5.74) is 6.38. The van der Waals surface area contributed by atoms with Crippen molar-refractivity contribution in [1.82, 2.24) is 5.32 Å². The molecule has 2 rings (SSSR count). The van der Waals surface area contributed by atoms with E-state index in [0.717, 1.165) is 37.0 Å². The van der Waals surface area contributed by atoms with Gasteiger partial charge >= 0.3 is 0 Å². The summed E-state index contributed by atoms with van der Waals surface area (Å²) in [7, 11) is 1.60. The number of rotatable bonds is 6. The molecule has 0 saturated heterocycles. The highest BCUT2D eigenvalue weighted by atomic mass is 16.5. The summed E-state index contributed by atoms with van der Waals surface area (Å²) in [6.07, 6.45) is 5.56. The van der Waals surface area contributed by atoms with Crippen molar-refractivity contribution in [3.05, 3.63) is 29.8 Å². The lowest BCUT2D eigenvalue weighted by atomic mass is 9.88. The Morgan fingerprint density at radius 3 is 2.41 bits per heavy atom. The summed E-state index contributed by atoms with van der Waals surface area (Å²) >= 11 is 0. The third-order valence-corrected chi connectivity index (χ3v) is 4.23. The van der Waals surface area contributed by atoms with Crippen molar-refractivity contribution in [3.8, 4) is 5.75 Å². The van der Waals surface area contributed by atoms with Crippen LogP contribution in [-0.2, 0) is 16.0 Å². The van der Waals surface area contributed by atoms with Crippen molar-refractivity contribution in [1.29, 1.82) is 0 Å². The molecule has 1 aliphatic carbocycles. The van der Waals surface area contributed by atoms with Crippen LogP contribution in [0.15, 0.2) is 24.3 Å². The Kier molecular flexibility index (Phi) is 5.81. The van der Waals surface area contributed by atoms with E-state index >= 15 is 0 Å². The van der Waals surface area contributed by atoms with Crippen molar-refractivity contribution in [3.63, 3.8) is 0 Å². The highest BCUT2D eigenvalue weighted by molar-refractivity contribution is 5.87. The molecule has 1 saturated carbocycles. The lowest BCUT2D eigenvalue weighted by Gasteiger charge is -2.23. The molecule has 0 heterocycles. The second-order valence-corrected chi connectivity index (χ2v) is 5.85. The number of amides is 2. The van der Waals surface area contributed by atoms with Crippen LogP contribution in [0, 0.1) is 5.92 Å². The molecule has 5 nitrogen and oxygen atoms in total. The smallest absolute Gasteiger partial charge is 0.240 e. The number of primary amides is 1. The van der Waals surface area contributed by atoms with Crippen LogP contribution in [0.3, 0.4) is 0 Å². The number of methoxy groups -OCH3 is 1. The molecule has 1 aromatic carbocycles. The first-order valence-corrected chi connectivity index (χ1v) is 7.82. The van der Waals surface area contributed by atoms with E-state index in [1.165, 1.54) is 6.42 Å². The minimum Gasteiger partial charge on any atom is -0.497 e. The fourth-order valence-electron chi connectivity index (χ4n) is 2.87. The highest BCUT2D eigenvalue weighted by Gasteiger charge is 2.25. The van der Waals surface area contributed by atoms with Gasteiger partial charge in [-0.05, 0) is 30.5 Å². The zero-order chi connectivity index (χ0) is 15.9. The van der Waals surface area contributed by atoms with Gasteiger partial charge in [-0.3, -0.25) is 9.59 Å². The largest absolute Gasteiger partial charge is 0.497 e. The molecular formula is C17H24N2O3. The van der Waals surface area contributed by atoms with E-state index in [1.54, 1.807) is 7.11 Å². The van der Waals surface area contributed by atoms with Crippen molar-refractivity contribution in [2.75, 3.05) is 7.11 Å². The predicted octanol–water partition coefficient (Wildman–Crippen LogP) is 1.79. The third-order valence-electron chi connectivity index (χ3n) is 4.23. The molecule has 1 atom stereocenters. The van der Waals surface area contributed by atoms with Gasteiger partial charge in [-0.25, -0.2) is 0 Å². The standard InChI is InChI=1S/C17H24N2O3/c1-22-14-9-7-12(8-10-14)11-15(16(18)20)19-17(21)13-5-3-2-4-6-13/h7-10,13,15H,2-6,11H2,1H3,(H2,18,20)(H,19,21)/t15-/m0/s1. The molecule has 5 heteroatoms. The number of ether oxygens (including phenoxy) is 1. The number of carbonyl (C=O) groups excluding carboxylic acids is 2. The summed E-state index contributed by atoms with van der Waals surface area (Å²) in [5.74, 6) is 0.231. The second-order valence-electron chi connectivity index (χ2n) is 5.85. The number of hydrogen-bond donors (Lipinski definition) is 2. The number of nitrogens with two attached hydrogens (primary N) is 1. The van der Waals surface area contributed by atoms with Crippen molar-refractivity contribution in [2.45, 2.75) is 44.6 Å². The molecule has 120 valence electrons. The van der Waals surface area contributed by atoms with Crippen LogP contribution in [-0.4, -0.2) is 25.0 Å². The monoisotopic (exact) mass is 304 g/mol. The highest BCUT2D eigenvalue weighted by Crippen LogP contribution is 2.24. The lowest BCUT2D eigenvalue weighted by Crippen LogP contribution is -2.48. The molecule has 22 heavy (non-hydrogen) atoms. The van der Waals surface area contributed by atoms with Gasteiger partial charge in [0.2, 0.25) is 11.8 Å². The van der Waals surface area contributed by atoms with Crippen LogP contribution in [0.2, 0.25) is 0 Å². The van der Waals surface area contributed by atoms with E-state index < -0.39 is 11.9 Å². The van der Waals surface area contributed by atoms with Gasteiger partial charge in [0.25, 0.3) is 0 Å². The maximum atomic E-state index is 12.3. The van der Waals surface area contributed by atoms with E-state index in [2.05, 4.69) is 5.32 Å². The Labute approximate surface area is 131 Å². The van der Waals surface area contributed by atoms with Crippen LogP contribution in [0.1, 0.15) is 37.7 Å². The molecule has 3 N–H and O–H groups in total. The fourth-order valence-corrected chi connectivity index (χ4v) is 2.87. The summed E-state index contributed by atoms with van der Waals surface area (Å²) in [4.78, 5) is 23.9. The van der Waals surface area contributed by atoms with E-state index in [9.17, 15) is 9.59 Å². The molecule has 0 spiro atoms. The zero-order valence-electron chi connectivity index (χ0n) is 13.0. The second kappa shape index (κ2) is 7.82. The molecule has 0 aromatic heterocycles. The fraction of sp³-hybridized carbons (Fsp3) is 0.529. The minimum absolute atomic E-state index is 0.0199. The van der Waals surface area contributed by atoms with E-state index in [-0.39, 0.29) is 11.8 Å². The first-order valence-electron chi connectivity index (χ1n) is 7.82. The van der Waals surface area contributed by atoms with E-state index in [1.807, 2.05) is 24.3 Å². The lowest BCUT2D eigenvalue weighted by molar-refractivity contribution is -0.130. The number of carbonyl (C=O) groups is 2. The van der Waals surface area contributed by atoms with Gasteiger partial charge in [-0.15, -0.1) is 0 Å². The molecule has 0 aliphatic heterocycles. The molecule has 0 unspecified atom stereocenters. The first kappa shape index (κ1) is 16.3. The van der Waals surface area contributed by atoms with Crippen LogP contribution < -0.4 is 15.8 Å². The van der Waals surface area contributed by atoms with Crippen LogP contribution in [0.4, 0.5) is 0 Å². The Balaban J connectivity index is 1.96. The predicted molar refractivity (Wildman–Crippen MR) is 84.4 cm³/mol. The van der Waals surface area contributed by atoms with Gasteiger partial charge in [-0.2, -0.15) is 0 Å². The molecular weight excluding hydrogens is 280 g/mol. The van der Waals surface area contributed by atoms with Crippen LogP contribution in [0.5, 0.6) is 5.75 Å². The number of benzene rings is 1. The summed E-state index contributed by atoms with van der Waals surface area (Å²) in [6.45, 7) is 0. The van der Waals surface area contributed by atoms with E-state index in [4.69, 9.17) is 10.5 Å². The maximum absolute atomic E-state index is 12.3. The average molecular weight is 304 g/mol. The molecule has 1 aliphatic rings. The van der Waals surface area contributed by atoms with Gasteiger partial charge < -0.3 is 15.8 Å². The third kappa shape index (κ3) is 4.48. The Hall–Kier alpha value is -2.04. The zero-order valence-corrected chi connectivity index (χ0v) is 13.0. The molecule has 1 fully saturated rings. The summed E-state index contributed by atoms with van der Waals surface area (Å²) in [6, 6.07) is 6.75. The van der Waals surface area contributed by atoms with Crippen molar-refractivity contribution < 1.29 is 14.3 Å². The Bertz CT molecular complexity index is 507. The summed E-state index contributed by atoms with van der Waals surface area (Å²) < 4.78 is 5.10. The van der Waals surface area contributed by atoms with E-state index in [0.29, 0.717) is 6.42 Å². The topological polar surface area (TPSA) is 81.4 Å². The maximum Gasteiger partial charge on any atom is 0.240 e. The van der Waals surface area contributed by atoms with Crippen molar-refractivity contribution in [2.24, 2.45) is 11.7 Å².